The minimum absolute atomic E-state index is 0.0199. The number of nitrogens with one attached hydrogen (secondary N) is 1. The molecule has 0 spiro atoms. The van der Waals surface area contributed by atoms with Crippen LogP contribution in [0.2, 0.25) is 0 Å². The lowest BCUT2D eigenvalue weighted by molar-refractivity contribution is 0.0703. The van der Waals surface area contributed by atoms with Gasteiger partial charge in [0.2, 0.25) is 5.95 Å². The number of nitrogens with two attached hydrogens (primary N) is 1. The molecule has 1 aliphatic heterocycles. The summed E-state index contributed by atoms with van der Waals surface area (Å²) in [6.45, 7) is 4.82. The zero-order valence-corrected chi connectivity index (χ0v) is 16.2. The van der Waals surface area contributed by atoms with Crippen molar-refractivity contribution in [3.8, 4) is 5.75 Å². The van der Waals surface area contributed by atoms with E-state index in [0.717, 1.165) is 35.4 Å². The van der Waals surface area contributed by atoms with Gasteiger partial charge in [-0.1, -0.05) is 12.1 Å². The Balaban J connectivity index is 1.54. The Morgan fingerprint density at radius 1 is 1.29 bits per heavy atom. The number of anilines is 1. The van der Waals surface area contributed by atoms with Crippen LogP contribution in [-0.2, 0) is 6.54 Å². The predicted octanol–water partition coefficient (Wildman–Crippen LogP) is 2.43. The maximum atomic E-state index is 13.1. The Bertz CT molecular complexity index is 996. The second kappa shape index (κ2) is 7.52. The molecule has 3 N–H and O–H groups in total. The lowest BCUT2D eigenvalue weighted by atomic mass is 10.0. The van der Waals surface area contributed by atoms with E-state index in [0.29, 0.717) is 24.6 Å². The summed E-state index contributed by atoms with van der Waals surface area (Å²) < 4.78 is 7.16. The Morgan fingerprint density at radius 3 is 2.79 bits per heavy atom. The van der Waals surface area contributed by atoms with Crippen LogP contribution in [0.1, 0.15) is 28.9 Å². The number of fused-ring (bicyclic) bond motifs is 1. The van der Waals surface area contributed by atoms with E-state index >= 15 is 0 Å². The van der Waals surface area contributed by atoms with Gasteiger partial charge < -0.3 is 25.3 Å². The van der Waals surface area contributed by atoms with Crippen molar-refractivity contribution in [3.63, 3.8) is 0 Å². The Hall–Kier alpha value is -3.06. The van der Waals surface area contributed by atoms with E-state index < -0.39 is 0 Å². The summed E-state index contributed by atoms with van der Waals surface area (Å²) in [6, 6.07) is 13.7. The van der Waals surface area contributed by atoms with Crippen molar-refractivity contribution in [2.75, 3.05) is 32.5 Å². The number of nitrogens with zero attached hydrogens (tertiary/aromatic N) is 3. The minimum atomic E-state index is 0.0199. The first-order valence-electron chi connectivity index (χ1n) is 9.53. The highest BCUT2D eigenvalue weighted by molar-refractivity contribution is 5.97. The number of amides is 1. The van der Waals surface area contributed by atoms with Gasteiger partial charge in [-0.25, -0.2) is 4.98 Å². The molecule has 7 nitrogen and oxygen atoms in total. The highest BCUT2D eigenvalue weighted by Crippen LogP contribution is 2.23. The van der Waals surface area contributed by atoms with E-state index in [4.69, 9.17) is 10.5 Å². The molecular formula is C21H25N5O2. The van der Waals surface area contributed by atoms with Crippen molar-refractivity contribution in [2.45, 2.75) is 19.5 Å². The number of aryl methyl sites for hydroxylation is 1. The number of carbonyl (C=O) groups excluding carboxylic acids is 1. The molecule has 1 amide bonds. The van der Waals surface area contributed by atoms with Gasteiger partial charge in [0.15, 0.2) is 0 Å². The summed E-state index contributed by atoms with van der Waals surface area (Å²) in [6.07, 6.45) is 0. The largest absolute Gasteiger partial charge is 0.497 e. The molecule has 0 radical (unpaired) electrons. The average Bonchev–Trinajstić information content (AvgIpc) is 3.07. The number of ether oxygens (including phenoxy) is 1. The monoisotopic (exact) mass is 379 g/mol. The highest BCUT2D eigenvalue weighted by Gasteiger charge is 2.25. The molecule has 0 saturated carbocycles. The number of carbonyl (C=O) groups is 1. The molecule has 1 atom stereocenters. The first-order chi connectivity index (χ1) is 13.6. The zero-order chi connectivity index (χ0) is 19.7. The predicted molar refractivity (Wildman–Crippen MR) is 109 cm³/mol. The molecule has 3 aromatic rings. The van der Waals surface area contributed by atoms with Gasteiger partial charge in [-0.15, -0.1) is 0 Å². The van der Waals surface area contributed by atoms with Crippen LogP contribution in [0.3, 0.4) is 0 Å². The van der Waals surface area contributed by atoms with E-state index in [1.165, 1.54) is 0 Å². The van der Waals surface area contributed by atoms with Gasteiger partial charge in [0.25, 0.3) is 5.91 Å². The van der Waals surface area contributed by atoms with Crippen molar-refractivity contribution in [1.29, 1.82) is 0 Å². The topological polar surface area (TPSA) is 85.4 Å². The normalized spacial score (nSPS) is 17.1. The number of hydrogen-bond donors (Lipinski definition) is 2. The summed E-state index contributed by atoms with van der Waals surface area (Å²) in [4.78, 5) is 19.4. The summed E-state index contributed by atoms with van der Waals surface area (Å²) in [5, 5.41) is 3.49. The van der Waals surface area contributed by atoms with Crippen molar-refractivity contribution in [2.24, 2.45) is 0 Å². The molecule has 2 heterocycles. The molecule has 0 bridgehead atoms. The quantitative estimate of drug-likeness (QED) is 0.727. The van der Waals surface area contributed by atoms with Crippen LogP contribution in [0.25, 0.3) is 11.0 Å². The van der Waals surface area contributed by atoms with E-state index in [9.17, 15) is 4.79 Å². The summed E-state index contributed by atoms with van der Waals surface area (Å²) in [7, 11) is 1.66. The van der Waals surface area contributed by atoms with Gasteiger partial charge in [0.1, 0.15) is 5.75 Å². The standard InChI is InChI=1S/C21H25N5O2/c1-3-26-19-9-6-15(12-17(19)24-21(26)22)20(27)25-11-10-23-18(13-25)14-4-7-16(28-2)8-5-14/h4-9,12,18,23H,3,10-11,13H2,1-2H3,(H2,22,24). The summed E-state index contributed by atoms with van der Waals surface area (Å²) in [5.74, 6) is 1.32. The first kappa shape index (κ1) is 18.3. The fourth-order valence-corrected chi connectivity index (χ4v) is 3.79. The minimum Gasteiger partial charge on any atom is -0.497 e. The number of methoxy groups -OCH3 is 1. The molecule has 1 aromatic heterocycles. The van der Waals surface area contributed by atoms with Gasteiger partial charge >= 0.3 is 0 Å². The first-order valence-corrected chi connectivity index (χ1v) is 9.53. The zero-order valence-electron chi connectivity index (χ0n) is 16.2. The van der Waals surface area contributed by atoms with Crippen molar-refractivity contribution in [3.05, 3.63) is 53.6 Å². The van der Waals surface area contributed by atoms with Crippen LogP contribution in [0.4, 0.5) is 5.95 Å². The Labute approximate surface area is 164 Å². The number of piperazine rings is 1. The third-order valence-electron chi connectivity index (χ3n) is 5.32. The highest BCUT2D eigenvalue weighted by atomic mass is 16.5. The summed E-state index contributed by atoms with van der Waals surface area (Å²) >= 11 is 0. The van der Waals surface area contributed by atoms with Gasteiger partial charge in [0.05, 0.1) is 18.1 Å². The van der Waals surface area contributed by atoms with E-state index in [1.54, 1.807) is 7.11 Å². The molecule has 1 unspecified atom stereocenters. The van der Waals surface area contributed by atoms with Crippen LogP contribution in [-0.4, -0.2) is 47.1 Å². The molecular weight excluding hydrogens is 354 g/mol. The molecule has 1 fully saturated rings. The third kappa shape index (κ3) is 3.29. The fourth-order valence-electron chi connectivity index (χ4n) is 3.79. The second-order valence-electron chi connectivity index (χ2n) is 6.95. The molecule has 1 saturated heterocycles. The molecule has 2 aromatic carbocycles. The lowest BCUT2D eigenvalue weighted by Gasteiger charge is -2.34. The van der Waals surface area contributed by atoms with Crippen LogP contribution in [0, 0.1) is 0 Å². The van der Waals surface area contributed by atoms with Crippen molar-refractivity contribution >= 4 is 22.9 Å². The number of rotatable bonds is 4. The second-order valence-corrected chi connectivity index (χ2v) is 6.95. The number of benzene rings is 2. The van der Waals surface area contributed by atoms with Crippen LogP contribution in [0.5, 0.6) is 5.75 Å². The molecule has 4 rings (SSSR count). The number of nitrogen functional groups attached to an aromatic ring is 1. The molecule has 7 heteroatoms. The molecule has 1 aliphatic rings. The SMILES string of the molecule is CCn1c(N)nc2cc(C(=O)N3CCNC(c4ccc(OC)cc4)C3)ccc21. The van der Waals surface area contributed by atoms with Crippen LogP contribution in [0.15, 0.2) is 42.5 Å². The number of imidazole rings is 1. The molecule has 0 aliphatic carbocycles. The van der Waals surface area contributed by atoms with E-state index in [2.05, 4.69) is 10.3 Å². The maximum Gasteiger partial charge on any atom is 0.254 e. The van der Waals surface area contributed by atoms with Gasteiger partial charge in [-0.3, -0.25) is 4.79 Å². The average molecular weight is 379 g/mol. The molecule has 146 valence electrons. The van der Waals surface area contributed by atoms with Gasteiger partial charge in [0, 0.05) is 37.8 Å². The van der Waals surface area contributed by atoms with Crippen molar-refractivity contribution < 1.29 is 9.53 Å². The molecule has 28 heavy (non-hydrogen) atoms. The Morgan fingerprint density at radius 2 is 2.07 bits per heavy atom. The number of hydrogen-bond acceptors (Lipinski definition) is 5. The van der Waals surface area contributed by atoms with Crippen LogP contribution < -0.4 is 15.8 Å². The van der Waals surface area contributed by atoms with E-state index in [-0.39, 0.29) is 11.9 Å². The van der Waals surface area contributed by atoms with Gasteiger partial charge in [-0.05, 0) is 42.8 Å². The lowest BCUT2D eigenvalue weighted by Crippen LogP contribution is -2.48. The van der Waals surface area contributed by atoms with Gasteiger partial charge in [-0.2, -0.15) is 0 Å². The fraction of sp³-hybridized carbons (Fsp3) is 0.333. The van der Waals surface area contributed by atoms with E-state index in [1.807, 2.05) is 58.9 Å². The summed E-state index contributed by atoms with van der Waals surface area (Å²) in [5.41, 5.74) is 9.47. The Kier molecular flexibility index (Phi) is 4.92. The maximum absolute atomic E-state index is 13.1. The number of aromatic nitrogens is 2. The van der Waals surface area contributed by atoms with Crippen molar-refractivity contribution in [1.82, 2.24) is 19.8 Å². The smallest absolute Gasteiger partial charge is 0.254 e. The van der Waals surface area contributed by atoms with Crippen LogP contribution >= 0.6 is 0 Å². The third-order valence-corrected chi connectivity index (χ3v) is 5.32.